The normalized spacial score (nSPS) is 9.67. The van der Waals surface area contributed by atoms with E-state index in [1.54, 1.807) is 18.3 Å². The number of ketones is 1. The molecule has 0 atom stereocenters. The number of carbonyl (C=O) groups is 1. The highest BCUT2D eigenvalue weighted by Gasteiger charge is 2.09. The first kappa shape index (κ1) is 9.95. The van der Waals surface area contributed by atoms with Gasteiger partial charge in [0.2, 0.25) is 0 Å². The SMILES string of the molecule is CC#CCC(=O)c1csc2ccccc12. The predicted molar refractivity (Wildman–Crippen MR) is 64.2 cm³/mol. The summed E-state index contributed by atoms with van der Waals surface area (Å²) in [4.78, 5) is 11.8. The lowest BCUT2D eigenvalue weighted by Gasteiger charge is -1.93. The Morgan fingerprint density at radius 2 is 2.20 bits per heavy atom. The van der Waals surface area contributed by atoms with Crippen LogP contribution < -0.4 is 0 Å². The van der Waals surface area contributed by atoms with Gasteiger partial charge in [0.1, 0.15) is 0 Å². The lowest BCUT2D eigenvalue weighted by molar-refractivity contribution is 0.1000. The molecule has 0 aliphatic heterocycles. The molecule has 0 radical (unpaired) electrons. The second-order valence-corrected chi connectivity index (χ2v) is 4.08. The fraction of sp³-hybridized carbons (Fsp3) is 0.154. The van der Waals surface area contributed by atoms with Crippen molar-refractivity contribution in [1.29, 1.82) is 0 Å². The van der Waals surface area contributed by atoms with E-state index in [-0.39, 0.29) is 5.78 Å². The summed E-state index contributed by atoms with van der Waals surface area (Å²) in [5.74, 6) is 5.66. The minimum absolute atomic E-state index is 0.113. The van der Waals surface area contributed by atoms with Gasteiger partial charge in [-0.1, -0.05) is 24.1 Å². The molecule has 0 saturated carbocycles. The summed E-state index contributed by atoms with van der Waals surface area (Å²) in [5.41, 5.74) is 0.804. The molecular formula is C13H10OS. The molecule has 1 nitrogen and oxygen atoms in total. The third-order valence-electron chi connectivity index (χ3n) is 2.21. The first-order valence-electron chi connectivity index (χ1n) is 4.72. The van der Waals surface area contributed by atoms with Gasteiger partial charge in [-0.25, -0.2) is 0 Å². The number of hydrogen-bond donors (Lipinski definition) is 0. The lowest BCUT2D eigenvalue weighted by Crippen LogP contribution is -1.95. The molecule has 0 amide bonds. The Bertz CT molecular complexity index is 554. The number of carbonyl (C=O) groups excluding carboxylic acids is 1. The molecule has 2 aromatic rings. The maximum absolute atomic E-state index is 11.8. The fourth-order valence-corrected chi connectivity index (χ4v) is 2.42. The van der Waals surface area contributed by atoms with Crippen molar-refractivity contribution >= 4 is 27.2 Å². The van der Waals surface area contributed by atoms with E-state index in [1.807, 2.05) is 29.6 Å². The molecule has 0 spiro atoms. The Balaban J connectivity index is 2.42. The summed E-state index contributed by atoms with van der Waals surface area (Å²) in [5, 5.41) is 2.97. The summed E-state index contributed by atoms with van der Waals surface area (Å²) in [7, 11) is 0. The van der Waals surface area contributed by atoms with Gasteiger partial charge in [0.05, 0.1) is 6.42 Å². The fourth-order valence-electron chi connectivity index (χ4n) is 1.46. The van der Waals surface area contributed by atoms with Crippen molar-refractivity contribution in [1.82, 2.24) is 0 Å². The van der Waals surface area contributed by atoms with E-state index in [0.717, 1.165) is 15.6 Å². The second kappa shape index (κ2) is 4.29. The molecule has 0 fully saturated rings. The second-order valence-electron chi connectivity index (χ2n) is 3.17. The summed E-state index contributed by atoms with van der Waals surface area (Å²) in [6.45, 7) is 1.75. The Kier molecular flexibility index (Phi) is 2.84. The van der Waals surface area contributed by atoms with E-state index in [0.29, 0.717) is 6.42 Å². The molecule has 0 aliphatic carbocycles. The van der Waals surface area contributed by atoms with E-state index >= 15 is 0 Å². The molecule has 0 bridgehead atoms. The number of thiophene rings is 1. The van der Waals surface area contributed by atoms with E-state index in [9.17, 15) is 4.79 Å². The maximum Gasteiger partial charge on any atom is 0.176 e. The van der Waals surface area contributed by atoms with Crippen LogP contribution in [0.15, 0.2) is 29.6 Å². The van der Waals surface area contributed by atoms with Gasteiger partial charge in [0.25, 0.3) is 0 Å². The highest BCUT2D eigenvalue weighted by molar-refractivity contribution is 7.17. The number of rotatable bonds is 2. The molecule has 74 valence electrons. The summed E-state index contributed by atoms with van der Waals surface area (Å²) in [6, 6.07) is 7.96. The van der Waals surface area contributed by atoms with Crippen LogP contribution in [-0.4, -0.2) is 5.78 Å². The van der Waals surface area contributed by atoms with E-state index in [4.69, 9.17) is 0 Å². The quantitative estimate of drug-likeness (QED) is 0.552. The van der Waals surface area contributed by atoms with Crippen LogP contribution in [0.5, 0.6) is 0 Å². The van der Waals surface area contributed by atoms with Crippen LogP contribution in [0.25, 0.3) is 10.1 Å². The van der Waals surface area contributed by atoms with Crippen LogP contribution in [0, 0.1) is 11.8 Å². The number of fused-ring (bicyclic) bond motifs is 1. The number of hydrogen-bond acceptors (Lipinski definition) is 2. The van der Waals surface area contributed by atoms with Crippen molar-refractivity contribution in [3.05, 3.63) is 35.2 Å². The van der Waals surface area contributed by atoms with E-state index in [1.165, 1.54) is 0 Å². The molecule has 15 heavy (non-hydrogen) atoms. The average Bonchev–Trinajstić information content (AvgIpc) is 2.69. The van der Waals surface area contributed by atoms with Crippen LogP contribution in [0.1, 0.15) is 23.7 Å². The van der Waals surface area contributed by atoms with Crippen LogP contribution >= 0.6 is 11.3 Å². The largest absolute Gasteiger partial charge is 0.293 e. The zero-order chi connectivity index (χ0) is 10.7. The smallest absolute Gasteiger partial charge is 0.176 e. The molecule has 0 N–H and O–H groups in total. The van der Waals surface area contributed by atoms with Gasteiger partial charge in [-0.2, -0.15) is 0 Å². The highest BCUT2D eigenvalue weighted by atomic mass is 32.1. The maximum atomic E-state index is 11.8. The lowest BCUT2D eigenvalue weighted by atomic mass is 10.1. The molecular weight excluding hydrogens is 204 g/mol. The van der Waals surface area contributed by atoms with Crippen molar-refractivity contribution in [2.24, 2.45) is 0 Å². The molecule has 0 aliphatic rings. The summed E-state index contributed by atoms with van der Waals surface area (Å²) in [6.07, 6.45) is 0.317. The van der Waals surface area contributed by atoms with E-state index in [2.05, 4.69) is 11.8 Å². The van der Waals surface area contributed by atoms with Crippen molar-refractivity contribution in [3.63, 3.8) is 0 Å². The Labute approximate surface area is 92.7 Å². The molecule has 0 saturated heterocycles. The number of benzene rings is 1. The Morgan fingerprint density at radius 1 is 1.40 bits per heavy atom. The van der Waals surface area contributed by atoms with Gasteiger partial charge in [0.15, 0.2) is 5.78 Å². The van der Waals surface area contributed by atoms with Crippen molar-refractivity contribution < 1.29 is 4.79 Å². The number of Topliss-reactive ketones (excluding diaryl/α,β-unsaturated/α-hetero) is 1. The zero-order valence-corrected chi connectivity index (χ0v) is 9.23. The van der Waals surface area contributed by atoms with Crippen LogP contribution in [0.4, 0.5) is 0 Å². The van der Waals surface area contributed by atoms with Crippen LogP contribution in [0.2, 0.25) is 0 Å². The Hall–Kier alpha value is -1.59. The zero-order valence-electron chi connectivity index (χ0n) is 8.41. The third kappa shape index (κ3) is 1.93. The Morgan fingerprint density at radius 3 is 3.00 bits per heavy atom. The van der Waals surface area contributed by atoms with Gasteiger partial charge in [-0.3, -0.25) is 4.79 Å². The first-order chi connectivity index (χ1) is 7.33. The topological polar surface area (TPSA) is 17.1 Å². The van der Waals surface area contributed by atoms with Gasteiger partial charge in [-0.15, -0.1) is 17.3 Å². The third-order valence-corrected chi connectivity index (χ3v) is 3.17. The molecule has 1 heterocycles. The van der Waals surface area contributed by atoms with Crippen molar-refractivity contribution in [2.45, 2.75) is 13.3 Å². The summed E-state index contributed by atoms with van der Waals surface area (Å²) >= 11 is 1.61. The molecule has 2 heteroatoms. The van der Waals surface area contributed by atoms with Crippen molar-refractivity contribution in [2.75, 3.05) is 0 Å². The average molecular weight is 214 g/mol. The van der Waals surface area contributed by atoms with Gasteiger partial charge < -0.3 is 0 Å². The molecule has 1 aromatic heterocycles. The van der Waals surface area contributed by atoms with Gasteiger partial charge in [-0.05, 0) is 13.0 Å². The molecule has 0 unspecified atom stereocenters. The standard InChI is InChI=1S/C13H10OS/c1-2-3-7-12(14)11-9-15-13-8-5-4-6-10(11)13/h4-6,8-9H,7H2,1H3. The molecule has 1 aromatic carbocycles. The minimum Gasteiger partial charge on any atom is -0.293 e. The molecule has 2 rings (SSSR count). The van der Waals surface area contributed by atoms with Crippen LogP contribution in [0.3, 0.4) is 0 Å². The first-order valence-corrected chi connectivity index (χ1v) is 5.60. The van der Waals surface area contributed by atoms with Gasteiger partial charge in [0, 0.05) is 21.0 Å². The van der Waals surface area contributed by atoms with Crippen LogP contribution in [-0.2, 0) is 0 Å². The minimum atomic E-state index is 0.113. The van der Waals surface area contributed by atoms with E-state index < -0.39 is 0 Å². The van der Waals surface area contributed by atoms with Crippen molar-refractivity contribution in [3.8, 4) is 11.8 Å². The predicted octanol–water partition coefficient (Wildman–Crippen LogP) is 3.50. The monoisotopic (exact) mass is 214 g/mol. The van der Waals surface area contributed by atoms with Gasteiger partial charge >= 0.3 is 0 Å². The highest BCUT2D eigenvalue weighted by Crippen LogP contribution is 2.26. The summed E-state index contributed by atoms with van der Waals surface area (Å²) < 4.78 is 1.16.